The molecule has 3 aromatic rings. The molecule has 0 atom stereocenters. The van der Waals surface area contributed by atoms with E-state index in [-0.39, 0.29) is 11.3 Å². The van der Waals surface area contributed by atoms with Gasteiger partial charge in [-0.2, -0.15) is 0 Å². The van der Waals surface area contributed by atoms with E-state index in [4.69, 9.17) is 0 Å². The number of rotatable bonds is 1. The number of benzene rings is 2. The summed E-state index contributed by atoms with van der Waals surface area (Å²) in [6.07, 6.45) is 1.83. The minimum Gasteiger partial charge on any atom is -0.507 e. The van der Waals surface area contributed by atoms with E-state index >= 15 is 0 Å². The predicted molar refractivity (Wildman–Crippen MR) is 65.4 cm³/mol. The maximum Gasteiger partial charge on any atom is 0.134 e. The Bertz CT molecular complexity index is 667. The Morgan fingerprint density at radius 1 is 1.06 bits per heavy atom. The zero-order chi connectivity index (χ0) is 11.8. The van der Waals surface area contributed by atoms with Crippen molar-refractivity contribution < 1.29 is 9.50 Å². The lowest BCUT2D eigenvalue weighted by Crippen LogP contribution is -1.85. The summed E-state index contributed by atoms with van der Waals surface area (Å²) in [7, 11) is 0. The van der Waals surface area contributed by atoms with Crippen LogP contribution in [0, 0.1) is 5.82 Å². The molecule has 3 heteroatoms. The number of H-pyrrole nitrogens is 1. The van der Waals surface area contributed by atoms with Crippen molar-refractivity contribution in [3.8, 4) is 16.9 Å². The second kappa shape index (κ2) is 3.63. The molecule has 0 radical (unpaired) electrons. The van der Waals surface area contributed by atoms with Crippen LogP contribution in [0.4, 0.5) is 4.39 Å². The third-order valence-electron chi connectivity index (χ3n) is 2.84. The Balaban J connectivity index is 2.26. The van der Waals surface area contributed by atoms with Gasteiger partial charge in [-0.1, -0.05) is 18.2 Å². The summed E-state index contributed by atoms with van der Waals surface area (Å²) in [4.78, 5) is 3.06. The van der Waals surface area contributed by atoms with E-state index in [9.17, 15) is 9.50 Å². The Morgan fingerprint density at radius 3 is 2.76 bits per heavy atom. The highest BCUT2D eigenvalue weighted by molar-refractivity contribution is 5.86. The average molecular weight is 227 g/mol. The second-order valence-electron chi connectivity index (χ2n) is 3.91. The quantitative estimate of drug-likeness (QED) is 0.653. The molecule has 2 aromatic carbocycles. The number of phenolic OH excluding ortho intramolecular Hbond substituents is 1. The van der Waals surface area contributed by atoms with Crippen LogP contribution in [0.3, 0.4) is 0 Å². The second-order valence-corrected chi connectivity index (χ2v) is 3.91. The van der Waals surface area contributed by atoms with Gasteiger partial charge in [0, 0.05) is 11.7 Å². The minimum absolute atomic E-state index is 0.0455. The Hall–Kier alpha value is -2.29. The number of hydrogen-bond donors (Lipinski definition) is 2. The smallest absolute Gasteiger partial charge is 0.134 e. The zero-order valence-corrected chi connectivity index (χ0v) is 8.94. The number of aromatic hydroxyl groups is 1. The van der Waals surface area contributed by atoms with Crippen molar-refractivity contribution >= 4 is 10.9 Å². The number of aromatic nitrogens is 1. The van der Waals surface area contributed by atoms with Crippen molar-refractivity contribution in [3.05, 3.63) is 54.5 Å². The van der Waals surface area contributed by atoms with Crippen molar-refractivity contribution in [1.82, 2.24) is 4.98 Å². The molecule has 0 aliphatic rings. The molecule has 84 valence electrons. The highest BCUT2D eigenvalue weighted by Crippen LogP contribution is 2.32. The van der Waals surface area contributed by atoms with Crippen molar-refractivity contribution in [2.45, 2.75) is 0 Å². The van der Waals surface area contributed by atoms with Gasteiger partial charge in [0.25, 0.3) is 0 Å². The number of halogens is 1. The van der Waals surface area contributed by atoms with E-state index < -0.39 is 5.82 Å². The van der Waals surface area contributed by atoms with Gasteiger partial charge in [0.2, 0.25) is 0 Å². The molecule has 1 aromatic heterocycles. The molecular formula is C14H10FNO. The first-order valence-corrected chi connectivity index (χ1v) is 5.31. The normalized spacial score (nSPS) is 10.9. The Morgan fingerprint density at radius 2 is 1.94 bits per heavy atom. The van der Waals surface area contributed by atoms with Gasteiger partial charge in [-0.25, -0.2) is 4.39 Å². The first kappa shape index (κ1) is 9.90. The lowest BCUT2D eigenvalue weighted by atomic mass is 10.0. The molecule has 0 saturated heterocycles. The molecule has 2 N–H and O–H groups in total. The van der Waals surface area contributed by atoms with Gasteiger partial charge in [-0.3, -0.25) is 0 Å². The molecule has 0 amide bonds. The third kappa shape index (κ3) is 1.56. The van der Waals surface area contributed by atoms with Gasteiger partial charge < -0.3 is 10.1 Å². The molecule has 0 aliphatic heterocycles. The average Bonchev–Trinajstić information content (AvgIpc) is 2.76. The number of aromatic amines is 1. The summed E-state index contributed by atoms with van der Waals surface area (Å²) < 4.78 is 13.7. The zero-order valence-electron chi connectivity index (χ0n) is 8.94. The van der Waals surface area contributed by atoms with Crippen LogP contribution in [0.5, 0.6) is 5.75 Å². The van der Waals surface area contributed by atoms with E-state index in [0.717, 1.165) is 10.9 Å². The Kier molecular flexibility index (Phi) is 2.11. The van der Waals surface area contributed by atoms with Crippen LogP contribution >= 0.6 is 0 Å². The van der Waals surface area contributed by atoms with Crippen LogP contribution < -0.4 is 0 Å². The molecule has 0 bridgehead atoms. The monoisotopic (exact) mass is 227 g/mol. The molecule has 3 rings (SSSR count). The maximum absolute atomic E-state index is 13.7. The van der Waals surface area contributed by atoms with Crippen molar-refractivity contribution in [2.24, 2.45) is 0 Å². The van der Waals surface area contributed by atoms with Gasteiger partial charge in [0.1, 0.15) is 11.6 Å². The molecule has 0 saturated carbocycles. The summed E-state index contributed by atoms with van der Waals surface area (Å²) in [5.41, 5.74) is 1.82. The first-order chi connectivity index (χ1) is 8.25. The van der Waals surface area contributed by atoms with Crippen LogP contribution in [-0.4, -0.2) is 10.1 Å². The fourth-order valence-electron chi connectivity index (χ4n) is 2.00. The summed E-state index contributed by atoms with van der Waals surface area (Å²) in [5, 5.41) is 10.8. The van der Waals surface area contributed by atoms with Crippen LogP contribution in [0.1, 0.15) is 0 Å². The van der Waals surface area contributed by atoms with Crippen LogP contribution in [-0.2, 0) is 0 Å². The molecule has 2 nitrogen and oxygen atoms in total. The van der Waals surface area contributed by atoms with Gasteiger partial charge in [0.15, 0.2) is 0 Å². The first-order valence-electron chi connectivity index (χ1n) is 5.31. The number of hydrogen-bond acceptors (Lipinski definition) is 1. The summed E-state index contributed by atoms with van der Waals surface area (Å²) in [6.45, 7) is 0. The van der Waals surface area contributed by atoms with Crippen LogP contribution in [0.25, 0.3) is 22.0 Å². The fraction of sp³-hybridized carbons (Fsp3) is 0. The third-order valence-corrected chi connectivity index (χ3v) is 2.84. The molecule has 1 heterocycles. The lowest BCUT2D eigenvalue weighted by molar-refractivity contribution is 0.472. The summed E-state index contributed by atoms with van der Waals surface area (Å²) >= 11 is 0. The number of fused-ring (bicyclic) bond motifs is 1. The predicted octanol–water partition coefficient (Wildman–Crippen LogP) is 3.68. The fourth-order valence-corrected chi connectivity index (χ4v) is 2.00. The topological polar surface area (TPSA) is 36.0 Å². The van der Waals surface area contributed by atoms with Gasteiger partial charge >= 0.3 is 0 Å². The number of phenols is 1. The lowest BCUT2D eigenvalue weighted by Gasteiger charge is -2.06. The molecule has 17 heavy (non-hydrogen) atoms. The highest BCUT2D eigenvalue weighted by Gasteiger charge is 2.10. The van der Waals surface area contributed by atoms with E-state index in [0.29, 0.717) is 5.56 Å². The van der Waals surface area contributed by atoms with Gasteiger partial charge in [-0.05, 0) is 35.2 Å². The molecule has 0 fully saturated rings. The van der Waals surface area contributed by atoms with Crippen molar-refractivity contribution in [3.63, 3.8) is 0 Å². The molecule has 0 unspecified atom stereocenters. The Labute approximate surface area is 97.3 Å². The molecule has 0 spiro atoms. The largest absolute Gasteiger partial charge is 0.507 e. The standard InChI is InChI=1S/C14H10FNO/c15-11-2-1-3-13(17)14(11)10-5-4-9-6-7-16-12(9)8-10/h1-8,16-17H. The van der Waals surface area contributed by atoms with Crippen molar-refractivity contribution in [2.75, 3.05) is 0 Å². The van der Waals surface area contributed by atoms with Crippen LogP contribution in [0.15, 0.2) is 48.7 Å². The summed E-state index contributed by atoms with van der Waals surface area (Å²) in [6, 6.07) is 11.8. The van der Waals surface area contributed by atoms with E-state index in [2.05, 4.69) is 4.98 Å². The summed E-state index contributed by atoms with van der Waals surface area (Å²) in [5.74, 6) is -0.466. The minimum atomic E-state index is -0.420. The van der Waals surface area contributed by atoms with Gasteiger partial charge in [-0.15, -0.1) is 0 Å². The highest BCUT2D eigenvalue weighted by atomic mass is 19.1. The SMILES string of the molecule is Oc1cccc(F)c1-c1ccc2cc[nH]c2c1. The maximum atomic E-state index is 13.7. The van der Waals surface area contributed by atoms with E-state index in [1.807, 2.05) is 24.4 Å². The van der Waals surface area contributed by atoms with Crippen LogP contribution in [0.2, 0.25) is 0 Å². The molecular weight excluding hydrogens is 217 g/mol. The van der Waals surface area contributed by atoms with E-state index in [1.54, 1.807) is 6.07 Å². The van der Waals surface area contributed by atoms with Crippen molar-refractivity contribution in [1.29, 1.82) is 0 Å². The number of nitrogens with one attached hydrogen (secondary N) is 1. The molecule has 0 aliphatic carbocycles. The van der Waals surface area contributed by atoms with E-state index in [1.165, 1.54) is 18.2 Å². The van der Waals surface area contributed by atoms with Gasteiger partial charge in [0.05, 0.1) is 5.56 Å².